The number of hydrazone groups is 1. The number of carbonyl (C=O) groups excluding carboxylic acids is 2. The fourth-order valence-electron chi connectivity index (χ4n) is 2.41. The van der Waals surface area contributed by atoms with Gasteiger partial charge in [0.25, 0.3) is 0 Å². The van der Waals surface area contributed by atoms with Crippen LogP contribution < -0.4 is 20.2 Å². The molecule has 148 valence electrons. The van der Waals surface area contributed by atoms with Gasteiger partial charge in [-0.25, -0.2) is 5.43 Å². The van der Waals surface area contributed by atoms with Gasteiger partial charge in [0.2, 0.25) is 11.8 Å². The minimum absolute atomic E-state index is 0.101. The van der Waals surface area contributed by atoms with Gasteiger partial charge >= 0.3 is 0 Å². The Bertz CT molecular complexity index is 851. The Balaban J connectivity index is 1.72. The highest BCUT2D eigenvalue weighted by molar-refractivity contribution is 5.97. The fourth-order valence-corrected chi connectivity index (χ4v) is 2.41. The predicted molar refractivity (Wildman–Crippen MR) is 105 cm³/mol. The van der Waals surface area contributed by atoms with Crippen LogP contribution in [0.5, 0.6) is 17.2 Å². The molecule has 0 unspecified atom stereocenters. The number of phenolic OH excluding ortho intramolecular Hbond substituents is 1. The molecule has 3 N–H and O–H groups in total. The highest BCUT2D eigenvalue weighted by Gasteiger charge is 2.09. The topological polar surface area (TPSA) is 109 Å². The van der Waals surface area contributed by atoms with E-state index in [1.54, 1.807) is 32.4 Å². The minimum atomic E-state index is -0.528. The quantitative estimate of drug-likeness (QED) is 0.345. The Morgan fingerprint density at radius 3 is 2.57 bits per heavy atom. The van der Waals surface area contributed by atoms with Crippen LogP contribution in [0, 0.1) is 0 Å². The molecule has 0 atom stereocenters. The van der Waals surface area contributed by atoms with Gasteiger partial charge in [0.05, 0.1) is 20.4 Å². The van der Waals surface area contributed by atoms with Crippen LogP contribution in [0.25, 0.3) is 0 Å². The Kier molecular flexibility index (Phi) is 7.83. The number of methoxy groups -OCH3 is 2. The average molecular weight is 385 g/mol. The normalized spacial score (nSPS) is 10.5. The van der Waals surface area contributed by atoms with Crippen molar-refractivity contribution in [2.24, 2.45) is 5.10 Å². The summed E-state index contributed by atoms with van der Waals surface area (Å²) in [7, 11) is 3.13. The van der Waals surface area contributed by atoms with E-state index in [4.69, 9.17) is 9.47 Å². The zero-order chi connectivity index (χ0) is 20.4. The van der Waals surface area contributed by atoms with E-state index in [0.29, 0.717) is 30.0 Å². The third kappa shape index (κ3) is 6.64. The number of rotatable bonds is 9. The third-order valence-corrected chi connectivity index (χ3v) is 3.78. The molecule has 0 aliphatic heterocycles. The molecule has 8 nitrogen and oxygen atoms in total. The maximum absolute atomic E-state index is 11.8. The zero-order valence-corrected chi connectivity index (χ0v) is 15.8. The van der Waals surface area contributed by atoms with Crippen LogP contribution in [0.3, 0.4) is 0 Å². The molecule has 8 heteroatoms. The van der Waals surface area contributed by atoms with Gasteiger partial charge < -0.3 is 19.9 Å². The van der Waals surface area contributed by atoms with Crippen LogP contribution in [-0.2, 0) is 16.0 Å². The van der Waals surface area contributed by atoms with Crippen LogP contribution in [0.2, 0.25) is 0 Å². The molecular formula is C20H23N3O5. The predicted octanol–water partition coefficient (Wildman–Crippen LogP) is 1.61. The zero-order valence-electron chi connectivity index (χ0n) is 15.8. The van der Waals surface area contributed by atoms with Crippen molar-refractivity contribution in [2.75, 3.05) is 20.8 Å². The second kappa shape index (κ2) is 10.6. The van der Waals surface area contributed by atoms with E-state index in [0.717, 1.165) is 5.56 Å². The van der Waals surface area contributed by atoms with E-state index in [1.165, 1.54) is 18.3 Å². The van der Waals surface area contributed by atoms with Gasteiger partial charge in [0.1, 0.15) is 12.2 Å². The Labute approximate surface area is 163 Å². The van der Waals surface area contributed by atoms with Crippen LogP contribution in [0.15, 0.2) is 47.6 Å². The largest absolute Gasteiger partial charge is 0.508 e. The van der Waals surface area contributed by atoms with E-state index in [9.17, 15) is 14.7 Å². The first-order valence-corrected chi connectivity index (χ1v) is 8.60. The summed E-state index contributed by atoms with van der Waals surface area (Å²) in [5.74, 6) is 0.434. The number of ether oxygens (including phenoxy) is 2. The van der Waals surface area contributed by atoms with Gasteiger partial charge in [0, 0.05) is 6.54 Å². The second-order valence-electron chi connectivity index (χ2n) is 5.85. The van der Waals surface area contributed by atoms with Gasteiger partial charge in [-0.1, -0.05) is 18.2 Å². The van der Waals surface area contributed by atoms with Gasteiger partial charge in [-0.2, -0.15) is 5.10 Å². The average Bonchev–Trinajstić information content (AvgIpc) is 2.67. The number of phenols is 1. The number of carbonyl (C=O) groups is 2. The van der Waals surface area contributed by atoms with Crippen molar-refractivity contribution in [3.63, 3.8) is 0 Å². The molecule has 28 heavy (non-hydrogen) atoms. The van der Waals surface area contributed by atoms with Crippen molar-refractivity contribution in [2.45, 2.75) is 12.8 Å². The molecule has 0 radical (unpaired) electrons. The summed E-state index contributed by atoms with van der Waals surface area (Å²) in [4.78, 5) is 23.6. The molecule has 0 aliphatic rings. The first-order valence-electron chi connectivity index (χ1n) is 8.60. The number of benzene rings is 2. The summed E-state index contributed by atoms with van der Waals surface area (Å²) >= 11 is 0. The van der Waals surface area contributed by atoms with Crippen molar-refractivity contribution in [3.05, 3.63) is 53.6 Å². The molecule has 0 heterocycles. The van der Waals surface area contributed by atoms with Gasteiger partial charge in [-0.3, -0.25) is 9.59 Å². The van der Waals surface area contributed by atoms with Crippen LogP contribution in [0.4, 0.5) is 0 Å². The monoisotopic (exact) mass is 385 g/mol. The lowest BCUT2D eigenvalue weighted by molar-refractivity contribution is -0.129. The SMILES string of the molecule is COc1ccc(CCNC(=O)CC(=O)N/N=C/c2cccc(O)c2)cc1OC. The van der Waals surface area contributed by atoms with Crippen molar-refractivity contribution in [1.29, 1.82) is 0 Å². The third-order valence-electron chi connectivity index (χ3n) is 3.78. The van der Waals surface area contributed by atoms with Crippen LogP contribution in [0.1, 0.15) is 17.5 Å². The molecule has 0 spiro atoms. The maximum atomic E-state index is 11.8. The maximum Gasteiger partial charge on any atom is 0.249 e. The molecule has 0 aromatic heterocycles. The number of nitrogens with one attached hydrogen (secondary N) is 2. The summed E-state index contributed by atoms with van der Waals surface area (Å²) in [6.45, 7) is 0.383. The number of aromatic hydroxyl groups is 1. The fraction of sp³-hybridized carbons (Fsp3) is 0.250. The first kappa shape index (κ1) is 20.8. The number of amides is 2. The highest BCUT2D eigenvalue weighted by Crippen LogP contribution is 2.27. The van der Waals surface area contributed by atoms with E-state index in [1.807, 2.05) is 12.1 Å². The van der Waals surface area contributed by atoms with Gasteiger partial charge in [-0.15, -0.1) is 0 Å². The standard InChI is InChI=1S/C20H23N3O5/c1-27-17-7-6-14(11-18(17)28-2)8-9-21-19(25)12-20(26)23-22-13-15-4-3-5-16(24)10-15/h3-7,10-11,13,24H,8-9,12H2,1-2H3,(H,21,25)(H,23,26)/b22-13+. The molecule has 0 aliphatic carbocycles. The molecule has 0 saturated heterocycles. The number of hydrogen-bond acceptors (Lipinski definition) is 6. The lowest BCUT2D eigenvalue weighted by Gasteiger charge is -2.10. The molecule has 2 amide bonds. The Morgan fingerprint density at radius 2 is 1.86 bits per heavy atom. The van der Waals surface area contributed by atoms with Crippen molar-refractivity contribution in [3.8, 4) is 17.2 Å². The summed E-state index contributed by atoms with van der Waals surface area (Å²) < 4.78 is 10.4. The van der Waals surface area contributed by atoms with Crippen LogP contribution in [-0.4, -0.2) is 43.9 Å². The summed E-state index contributed by atoms with van der Waals surface area (Å²) in [6, 6.07) is 11.9. The smallest absolute Gasteiger partial charge is 0.249 e. The lowest BCUT2D eigenvalue weighted by Crippen LogP contribution is -2.31. The van der Waals surface area contributed by atoms with E-state index < -0.39 is 11.8 Å². The minimum Gasteiger partial charge on any atom is -0.508 e. The summed E-state index contributed by atoms with van der Waals surface area (Å²) in [6.07, 6.45) is 1.64. The van der Waals surface area contributed by atoms with Gasteiger partial charge in [0.15, 0.2) is 11.5 Å². The number of hydrogen-bond donors (Lipinski definition) is 3. The highest BCUT2D eigenvalue weighted by atomic mass is 16.5. The summed E-state index contributed by atoms with van der Waals surface area (Å²) in [5, 5.41) is 15.8. The molecule has 2 aromatic rings. The Hall–Kier alpha value is -3.55. The summed E-state index contributed by atoms with van der Waals surface area (Å²) in [5.41, 5.74) is 3.87. The van der Waals surface area contributed by atoms with E-state index in [-0.39, 0.29) is 12.2 Å². The van der Waals surface area contributed by atoms with Crippen molar-refractivity contribution < 1.29 is 24.2 Å². The molecule has 0 bridgehead atoms. The number of nitrogens with zero attached hydrogens (tertiary/aromatic N) is 1. The van der Waals surface area contributed by atoms with Crippen molar-refractivity contribution >= 4 is 18.0 Å². The second-order valence-corrected chi connectivity index (χ2v) is 5.85. The molecular weight excluding hydrogens is 362 g/mol. The lowest BCUT2D eigenvalue weighted by atomic mass is 10.1. The molecule has 2 aromatic carbocycles. The van der Waals surface area contributed by atoms with E-state index in [2.05, 4.69) is 15.8 Å². The van der Waals surface area contributed by atoms with E-state index >= 15 is 0 Å². The van der Waals surface area contributed by atoms with Crippen molar-refractivity contribution in [1.82, 2.24) is 10.7 Å². The molecule has 0 fully saturated rings. The molecule has 2 rings (SSSR count). The molecule has 0 saturated carbocycles. The Morgan fingerprint density at radius 1 is 1.07 bits per heavy atom. The van der Waals surface area contributed by atoms with Crippen LogP contribution >= 0.6 is 0 Å². The van der Waals surface area contributed by atoms with Gasteiger partial charge in [-0.05, 0) is 41.8 Å². The first-order chi connectivity index (χ1) is 13.5.